The molecule has 0 amide bonds. The third kappa shape index (κ3) is 12.4. The molecule has 0 atom stereocenters. The molecule has 0 radical (unpaired) electrons. The van der Waals surface area contributed by atoms with Gasteiger partial charge in [0.1, 0.15) is 34.9 Å². The zero-order valence-electron chi connectivity index (χ0n) is 35.7. The molecule has 11 nitrogen and oxygen atoms in total. The van der Waals surface area contributed by atoms with Crippen molar-refractivity contribution < 1.29 is 38.0 Å². The Morgan fingerprint density at radius 3 is 1.77 bits per heavy atom. The lowest BCUT2D eigenvalue weighted by Crippen LogP contribution is -2.41. The van der Waals surface area contributed by atoms with Gasteiger partial charge in [-0.1, -0.05) is 93.8 Å². The largest absolute Gasteiger partial charge is 0.495 e. The number of benzene rings is 4. The molecule has 3 heterocycles. The van der Waals surface area contributed by atoms with Crippen molar-refractivity contribution in [3.8, 4) is 11.3 Å². The number of aryl methyl sites for hydroxylation is 4. The number of ether oxygens (including phenoxy) is 1. The Hall–Kier alpha value is -5.67. The van der Waals surface area contributed by atoms with E-state index in [1.807, 2.05) is 110 Å². The van der Waals surface area contributed by atoms with E-state index in [2.05, 4.69) is 25.9 Å². The topological polar surface area (TPSA) is 165 Å². The summed E-state index contributed by atoms with van der Waals surface area (Å²) >= 11 is 4.54. The van der Waals surface area contributed by atoms with Gasteiger partial charge in [-0.2, -0.15) is 0 Å². The molecule has 1 fully saturated rings. The second-order valence-electron chi connectivity index (χ2n) is 15.1. The van der Waals surface area contributed by atoms with Crippen molar-refractivity contribution in [1.82, 2.24) is 9.97 Å². The molecule has 2 N–H and O–H groups in total. The van der Waals surface area contributed by atoms with Gasteiger partial charge in [0.05, 0.1) is 23.5 Å². The van der Waals surface area contributed by atoms with Crippen LogP contribution in [0.3, 0.4) is 0 Å². The minimum absolute atomic E-state index is 0.116. The Bertz CT molecular complexity index is 2520. The first-order valence-electron chi connectivity index (χ1n) is 19.3. The molecule has 14 heteroatoms. The van der Waals surface area contributed by atoms with Gasteiger partial charge in [0.2, 0.25) is 5.95 Å². The van der Waals surface area contributed by atoms with Crippen molar-refractivity contribution in [2.45, 2.75) is 73.5 Å². The fourth-order valence-electron chi connectivity index (χ4n) is 5.70. The minimum atomic E-state index is -0.408. The van der Waals surface area contributed by atoms with E-state index in [1.54, 1.807) is 37.3 Å². The summed E-state index contributed by atoms with van der Waals surface area (Å²) in [5.74, 6) is -0.283. The lowest BCUT2D eigenvalue weighted by Gasteiger charge is -2.32. The average Bonchev–Trinajstić information content (AvgIpc) is 3.76. The maximum absolute atomic E-state index is 12.0. The number of nitrogens with zero attached hydrogens (tertiary/aromatic N) is 2. The first kappa shape index (κ1) is 48.0. The monoisotopic (exact) mass is 905 g/mol. The van der Waals surface area contributed by atoms with E-state index in [9.17, 15) is 24.0 Å². The van der Waals surface area contributed by atoms with Crippen LogP contribution in [-0.2, 0) is 14.0 Å². The van der Waals surface area contributed by atoms with Crippen LogP contribution in [0, 0.1) is 27.7 Å². The summed E-state index contributed by atoms with van der Waals surface area (Å²) in [6, 6.07) is 25.6. The highest BCUT2D eigenvalue weighted by Gasteiger charge is 2.52. The molecule has 7 rings (SSSR count). The number of rotatable bonds is 8. The Balaban J connectivity index is 0.000000194. The van der Waals surface area contributed by atoms with Crippen molar-refractivity contribution in [2.24, 2.45) is 0 Å². The van der Waals surface area contributed by atoms with Gasteiger partial charge in [0.15, 0.2) is 0 Å². The standard InChI is InChI=1S/C17H15N3O3S.C14H19BO3.C8H7BrO.C8H8O/c1-3-23-16(22)13-7-12-14(19-17(18)20-15(12)24-13)11-6-10(8-21)5-4-9(11)2;1-10-6-7-11(9-16)8-12(10)15-17-13(2,3)14(4,5)18-15;1-6-2-3-7(5-10)4-8(6)9;1-7-2-4-8(6-9)5-3-7/h4-8H,3H2,1-2H3,(H2,18,19,20);6-9H,1-5H3;2-5H,1H3;2-6H,1H3. The van der Waals surface area contributed by atoms with Crippen LogP contribution < -0.4 is 11.2 Å². The Kier molecular flexibility index (Phi) is 16.7. The van der Waals surface area contributed by atoms with Crippen LogP contribution in [0.2, 0.25) is 0 Å². The number of carbonyl (C=O) groups is 5. The Morgan fingerprint density at radius 2 is 1.23 bits per heavy atom. The van der Waals surface area contributed by atoms with Crippen molar-refractivity contribution in [2.75, 3.05) is 12.3 Å². The first-order chi connectivity index (χ1) is 28.9. The van der Waals surface area contributed by atoms with Crippen molar-refractivity contribution in [1.29, 1.82) is 0 Å². The van der Waals surface area contributed by atoms with Gasteiger partial charge in [0.25, 0.3) is 0 Å². The zero-order chi connectivity index (χ0) is 45.1. The Morgan fingerprint density at radius 1 is 0.721 bits per heavy atom. The molecule has 1 aliphatic heterocycles. The number of hydrogen-bond donors (Lipinski definition) is 1. The number of nitrogen functional groups attached to an aromatic ring is 1. The van der Waals surface area contributed by atoms with Crippen LogP contribution in [0.5, 0.6) is 0 Å². The number of fused-ring (bicyclic) bond motifs is 1. The smallest absolute Gasteiger partial charge is 0.462 e. The molecule has 4 aromatic carbocycles. The van der Waals surface area contributed by atoms with Crippen LogP contribution in [0.25, 0.3) is 21.5 Å². The molecule has 0 aliphatic carbocycles. The molecule has 0 bridgehead atoms. The predicted molar refractivity (Wildman–Crippen MR) is 246 cm³/mol. The zero-order valence-corrected chi connectivity index (χ0v) is 38.1. The number of esters is 1. The van der Waals surface area contributed by atoms with E-state index < -0.39 is 13.1 Å². The number of aromatic nitrogens is 2. The summed E-state index contributed by atoms with van der Waals surface area (Å²) in [5, 5.41) is 0.711. The highest BCUT2D eigenvalue weighted by Crippen LogP contribution is 2.37. The van der Waals surface area contributed by atoms with E-state index in [4.69, 9.17) is 19.8 Å². The molecule has 1 saturated heterocycles. The van der Waals surface area contributed by atoms with Crippen molar-refractivity contribution in [3.63, 3.8) is 0 Å². The van der Waals surface area contributed by atoms with Crippen LogP contribution in [0.1, 0.15) is 108 Å². The molecular formula is C47H49BBrN3O8S. The molecule has 0 saturated carbocycles. The van der Waals surface area contributed by atoms with E-state index in [1.165, 1.54) is 16.9 Å². The number of nitrogens with two attached hydrogens (primary N) is 1. The fraction of sp³-hybridized carbons (Fsp3) is 0.255. The summed E-state index contributed by atoms with van der Waals surface area (Å²) in [4.78, 5) is 63.9. The highest BCUT2D eigenvalue weighted by molar-refractivity contribution is 9.10. The van der Waals surface area contributed by atoms with Gasteiger partial charge < -0.3 is 19.8 Å². The van der Waals surface area contributed by atoms with Crippen LogP contribution >= 0.6 is 27.3 Å². The third-order valence-electron chi connectivity index (χ3n) is 10.0. The number of halogens is 1. The predicted octanol–water partition coefficient (Wildman–Crippen LogP) is 9.72. The molecule has 316 valence electrons. The van der Waals surface area contributed by atoms with Gasteiger partial charge in [0, 0.05) is 37.7 Å². The Labute approximate surface area is 369 Å². The van der Waals surface area contributed by atoms with E-state index in [-0.39, 0.29) is 17.2 Å². The summed E-state index contributed by atoms with van der Waals surface area (Å²) in [6.07, 6.45) is 3.31. The third-order valence-corrected chi connectivity index (χ3v) is 11.9. The lowest BCUT2D eigenvalue weighted by molar-refractivity contribution is 0.00578. The van der Waals surface area contributed by atoms with Gasteiger partial charge in [-0.3, -0.25) is 19.2 Å². The molecular weight excluding hydrogens is 857 g/mol. The first-order valence-corrected chi connectivity index (χ1v) is 20.9. The average molecular weight is 907 g/mol. The van der Waals surface area contributed by atoms with Crippen LogP contribution in [0.15, 0.2) is 89.4 Å². The number of hydrogen-bond acceptors (Lipinski definition) is 12. The number of thiophene rings is 1. The molecule has 0 spiro atoms. The van der Waals surface area contributed by atoms with E-state index in [0.717, 1.165) is 62.9 Å². The van der Waals surface area contributed by atoms with E-state index >= 15 is 0 Å². The molecule has 6 aromatic rings. The quantitative estimate of drug-likeness (QED) is 0.0878. The number of aldehydes is 4. The van der Waals surface area contributed by atoms with Gasteiger partial charge in [-0.15, -0.1) is 11.3 Å². The van der Waals surface area contributed by atoms with Crippen LogP contribution in [0.4, 0.5) is 5.95 Å². The summed E-state index contributed by atoms with van der Waals surface area (Å²) in [7, 11) is -0.408. The van der Waals surface area contributed by atoms with Crippen LogP contribution in [-0.4, -0.2) is 66.0 Å². The van der Waals surface area contributed by atoms with Gasteiger partial charge >= 0.3 is 13.1 Å². The molecule has 0 unspecified atom stereocenters. The molecule has 1 aliphatic rings. The SMILES string of the molecule is CCOC(=O)c1cc2c(-c3cc(C=O)ccc3C)nc(N)nc2s1.Cc1ccc(C=O)cc1.Cc1ccc(C=O)cc1B1OC(C)(C)C(C)(C)O1.Cc1ccc(C=O)cc1Br. The molecule has 2 aromatic heterocycles. The second kappa shape index (κ2) is 21.2. The maximum Gasteiger partial charge on any atom is 0.495 e. The maximum atomic E-state index is 12.0. The fourth-order valence-corrected chi connectivity index (χ4v) is 7.03. The highest BCUT2D eigenvalue weighted by atomic mass is 79.9. The second-order valence-corrected chi connectivity index (χ2v) is 17.0. The molecule has 61 heavy (non-hydrogen) atoms. The normalized spacial score (nSPS) is 13.3. The summed E-state index contributed by atoms with van der Waals surface area (Å²) in [6.45, 7) is 18.0. The minimum Gasteiger partial charge on any atom is -0.462 e. The van der Waals surface area contributed by atoms with E-state index in [0.29, 0.717) is 44.1 Å². The lowest BCUT2D eigenvalue weighted by atomic mass is 9.75. The van der Waals surface area contributed by atoms with Gasteiger partial charge in [-0.05, 0) is 97.1 Å². The van der Waals surface area contributed by atoms with Crippen molar-refractivity contribution >= 4 is 87.1 Å². The number of anilines is 1. The summed E-state index contributed by atoms with van der Waals surface area (Å²) in [5.41, 5.74) is 14.4. The number of carbonyl (C=O) groups excluding carboxylic acids is 5. The van der Waals surface area contributed by atoms with Crippen molar-refractivity contribution in [3.05, 3.63) is 139 Å². The summed E-state index contributed by atoms with van der Waals surface area (Å²) < 4.78 is 18.0. The van der Waals surface area contributed by atoms with Gasteiger partial charge in [-0.25, -0.2) is 14.8 Å².